The molecule has 6 rings (SSSR count). The molecule has 3 saturated heterocycles. The number of nitrogens with one attached hydrogen (secondary N) is 1. The molecule has 1 aromatic carbocycles. The van der Waals surface area contributed by atoms with E-state index in [0.717, 1.165) is 41.6 Å². The van der Waals surface area contributed by atoms with Gasteiger partial charge in [-0.2, -0.15) is 0 Å². The fourth-order valence-corrected chi connectivity index (χ4v) is 4.60. The summed E-state index contributed by atoms with van der Waals surface area (Å²) in [6, 6.07) is 15.6. The molecule has 1 N–H and O–H groups in total. The van der Waals surface area contributed by atoms with Crippen LogP contribution in [0.2, 0.25) is 5.02 Å². The normalized spacial score (nSPS) is 23.4. The molecular weight excluding hydrogens is 344 g/mol. The molecule has 0 saturated carbocycles. The van der Waals surface area contributed by atoms with Gasteiger partial charge in [0, 0.05) is 42.0 Å². The molecular formula is C21H23ClN4. The zero-order valence-electron chi connectivity index (χ0n) is 14.7. The Morgan fingerprint density at radius 1 is 1.08 bits per heavy atom. The summed E-state index contributed by atoms with van der Waals surface area (Å²) in [7, 11) is 0. The van der Waals surface area contributed by atoms with Crippen molar-refractivity contribution >= 4 is 17.2 Å². The van der Waals surface area contributed by atoms with Crippen LogP contribution in [0, 0.1) is 0 Å². The molecule has 2 bridgehead atoms. The van der Waals surface area contributed by atoms with Crippen LogP contribution in [0.3, 0.4) is 0 Å². The third kappa shape index (κ3) is 2.92. The van der Waals surface area contributed by atoms with E-state index in [2.05, 4.69) is 51.1 Å². The second kappa shape index (κ2) is 6.69. The molecule has 4 nitrogen and oxygen atoms in total. The molecule has 3 aliphatic rings. The number of benzene rings is 1. The van der Waals surface area contributed by atoms with Crippen molar-refractivity contribution in [3.05, 3.63) is 59.4 Å². The van der Waals surface area contributed by atoms with E-state index in [1.165, 1.54) is 25.0 Å². The monoisotopic (exact) mass is 366 g/mol. The Labute approximate surface area is 158 Å². The summed E-state index contributed by atoms with van der Waals surface area (Å²) in [4.78, 5) is 7.60. The summed E-state index contributed by atoms with van der Waals surface area (Å²) in [5.41, 5.74) is 4.48. The van der Waals surface area contributed by atoms with Crippen molar-refractivity contribution in [1.29, 1.82) is 0 Å². The smallest absolute Gasteiger partial charge is 0.137 e. The first kappa shape index (κ1) is 16.3. The Balaban J connectivity index is 1.57. The SMILES string of the molecule is Clc1ccc(-c2nc3ccccn3c2CN2CC3CCC2CCN3)cc1. The van der Waals surface area contributed by atoms with E-state index in [9.17, 15) is 0 Å². The summed E-state index contributed by atoms with van der Waals surface area (Å²) >= 11 is 6.09. The van der Waals surface area contributed by atoms with Crippen LogP contribution in [-0.2, 0) is 6.54 Å². The molecule has 0 spiro atoms. The molecule has 5 heterocycles. The molecule has 3 fully saturated rings. The van der Waals surface area contributed by atoms with Crippen LogP contribution in [0.5, 0.6) is 0 Å². The van der Waals surface area contributed by atoms with E-state index in [1.54, 1.807) is 0 Å². The van der Waals surface area contributed by atoms with Crippen LogP contribution >= 0.6 is 11.6 Å². The van der Waals surface area contributed by atoms with Crippen LogP contribution in [0.15, 0.2) is 48.7 Å². The Kier molecular flexibility index (Phi) is 4.20. The van der Waals surface area contributed by atoms with Crippen molar-refractivity contribution in [2.45, 2.75) is 37.9 Å². The third-order valence-electron chi connectivity index (χ3n) is 5.83. The molecule has 3 aliphatic heterocycles. The van der Waals surface area contributed by atoms with Gasteiger partial charge in [-0.15, -0.1) is 0 Å². The van der Waals surface area contributed by atoms with Gasteiger partial charge in [-0.05, 0) is 50.1 Å². The largest absolute Gasteiger partial charge is 0.313 e. The van der Waals surface area contributed by atoms with Gasteiger partial charge >= 0.3 is 0 Å². The summed E-state index contributed by atoms with van der Waals surface area (Å²) in [5.74, 6) is 0. The minimum Gasteiger partial charge on any atom is -0.313 e. The summed E-state index contributed by atoms with van der Waals surface area (Å²) in [6.07, 6.45) is 5.97. The second-order valence-corrected chi connectivity index (χ2v) is 7.88. The van der Waals surface area contributed by atoms with Crippen molar-refractivity contribution < 1.29 is 0 Å². The molecule has 134 valence electrons. The maximum Gasteiger partial charge on any atom is 0.137 e. The van der Waals surface area contributed by atoms with E-state index >= 15 is 0 Å². The van der Waals surface area contributed by atoms with Gasteiger partial charge in [0.1, 0.15) is 5.65 Å². The molecule has 3 aromatic rings. The quantitative estimate of drug-likeness (QED) is 0.761. The van der Waals surface area contributed by atoms with Crippen molar-refractivity contribution in [2.24, 2.45) is 0 Å². The molecule has 0 amide bonds. The van der Waals surface area contributed by atoms with E-state index in [1.807, 2.05) is 12.1 Å². The van der Waals surface area contributed by atoms with Gasteiger partial charge in [0.25, 0.3) is 0 Å². The number of nitrogens with zero attached hydrogens (tertiary/aromatic N) is 3. The number of fused-ring (bicyclic) bond motifs is 5. The number of pyridine rings is 1. The van der Waals surface area contributed by atoms with Gasteiger partial charge in [-0.1, -0.05) is 29.8 Å². The maximum absolute atomic E-state index is 6.09. The van der Waals surface area contributed by atoms with Crippen LogP contribution in [-0.4, -0.2) is 39.5 Å². The number of hydrogen-bond donors (Lipinski definition) is 1. The fourth-order valence-electron chi connectivity index (χ4n) is 4.47. The minimum absolute atomic E-state index is 0.631. The Morgan fingerprint density at radius 3 is 2.85 bits per heavy atom. The Bertz CT molecular complexity index is 913. The van der Waals surface area contributed by atoms with Crippen molar-refractivity contribution in [1.82, 2.24) is 19.6 Å². The molecule has 2 aromatic heterocycles. The van der Waals surface area contributed by atoms with Gasteiger partial charge in [-0.25, -0.2) is 4.98 Å². The van der Waals surface area contributed by atoms with Gasteiger partial charge in [0.15, 0.2) is 0 Å². The number of imidazole rings is 1. The van der Waals surface area contributed by atoms with E-state index in [-0.39, 0.29) is 0 Å². The third-order valence-corrected chi connectivity index (χ3v) is 6.08. The summed E-state index contributed by atoms with van der Waals surface area (Å²) in [6.45, 7) is 3.21. The van der Waals surface area contributed by atoms with E-state index < -0.39 is 0 Å². The van der Waals surface area contributed by atoms with Crippen LogP contribution in [0.1, 0.15) is 25.0 Å². The first-order valence-electron chi connectivity index (χ1n) is 9.47. The van der Waals surface area contributed by atoms with Crippen molar-refractivity contribution in [3.63, 3.8) is 0 Å². The lowest BCUT2D eigenvalue weighted by molar-refractivity contribution is 0.133. The number of halogens is 1. The standard InChI is InChI=1S/C21H23ClN4/c22-16-6-4-15(5-7-16)21-19(26-12-2-1-3-20(26)24-21)14-25-13-17-8-9-18(25)10-11-23-17/h1-7,12,17-18,23H,8-11,13-14H2. The number of piperidine rings is 1. The lowest BCUT2D eigenvalue weighted by Crippen LogP contribution is -2.45. The molecule has 26 heavy (non-hydrogen) atoms. The van der Waals surface area contributed by atoms with Crippen LogP contribution in [0.4, 0.5) is 0 Å². The average molecular weight is 367 g/mol. The molecule has 2 atom stereocenters. The molecule has 0 aliphatic carbocycles. The zero-order chi connectivity index (χ0) is 17.5. The molecule has 0 radical (unpaired) electrons. The number of aromatic nitrogens is 2. The highest BCUT2D eigenvalue weighted by molar-refractivity contribution is 6.30. The summed E-state index contributed by atoms with van der Waals surface area (Å²) in [5, 5.41) is 4.45. The molecule has 5 heteroatoms. The van der Waals surface area contributed by atoms with Crippen molar-refractivity contribution in [3.8, 4) is 11.3 Å². The highest BCUT2D eigenvalue weighted by atomic mass is 35.5. The summed E-state index contributed by atoms with van der Waals surface area (Å²) < 4.78 is 2.25. The highest BCUT2D eigenvalue weighted by Crippen LogP contribution is 2.30. The lowest BCUT2D eigenvalue weighted by atomic mass is 9.98. The number of rotatable bonds is 3. The average Bonchev–Trinajstić information content (AvgIpc) is 2.80. The number of hydrogen-bond acceptors (Lipinski definition) is 3. The Hall–Kier alpha value is -1.88. The topological polar surface area (TPSA) is 32.6 Å². The lowest BCUT2D eigenvalue weighted by Gasteiger charge is -2.36. The maximum atomic E-state index is 6.09. The van der Waals surface area contributed by atoms with Gasteiger partial charge < -0.3 is 9.72 Å². The van der Waals surface area contributed by atoms with Gasteiger partial charge in [0.05, 0.1) is 11.4 Å². The highest BCUT2D eigenvalue weighted by Gasteiger charge is 2.32. The molecule has 2 unspecified atom stereocenters. The predicted molar refractivity (Wildman–Crippen MR) is 105 cm³/mol. The van der Waals surface area contributed by atoms with Crippen LogP contribution < -0.4 is 5.32 Å². The predicted octanol–water partition coefficient (Wildman–Crippen LogP) is 3.98. The van der Waals surface area contributed by atoms with Crippen molar-refractivity contribution in [2.75, 3.05) is 13.1 Å². The van der Waals surface area contributed by atoms with Gasteiger partial charge in [-0.3, -0.25) is 4.90 Å². The first-order valence-corrected chi connectivity index (χ1v) is 9.85. The van der Waals surface area contributed by atoms with E-state index in [0.29, 0.717) is 12.1 Å². The fraction of sp³-hybridized carbons (Fsp3) is 0.381. The second-order valence-electron chi connectivity index (χ2n) is 7.44. The zero-order valence-corrected chi connectivity index (χ0v) is 15.5. The van der Waals surface area contributed by atoms with Gasteiger partial charge in [0.2, 0.25) is 0 Å². The first-order chi connectivity index (χ1) is 12.8. The Morgan fingerprint density at radius 2 is 1.96 bits per heavy atom. The van der Waals surface area contributed by atoms with Crippen LogP contribution in [0.25, 0.3) is 16.9 Å². The minimum atomic E-state index is 0.631. The van der Waals surface area contributed by atoms with E-state index in [4.69, 9.17) is 16.6 Å².